The number of hydrogen-bond donors (Lipinski definition) is 3. The Bertz CT molecular complexity index is 515. The first-order valence-corrected chi connectivity index (χ1v) is 4.80. The fourth-order valence-electron chi connectivity index (χ4n) is 1.12. The van der Waals surface area contributed by atoms with E-state index in [1.54, 1.807) is 18.3 Å². The average molecular weight is 237 g/mol. The lowest BCUT2D eigenvalue weighted by molar-refractivity contribution is 1.18. The minimum absolute atomic E-state index is 0.220. The van der Waals surface area contributed by atoms with Crippen molar-refractivity contribution in [3.8, 4) is 0 Å². The monoisotopic (exact) mass is 236 g/mol. The van der Waals surface area contributed by atoms with Gasteiger partial charge in [-0.25, -0.2) is 15.0 Å². The minimum Gasteiger partial charge on any atom is -0.393 e. The van der Waals surface area contributed by atoms with Gasteiger partial charge in [-0.2, -0.15) is 0 Å². The van der Waals surface area contributed by atoms with E-state index in [2.05, 4.69) is 20.3 Å². The van der Waals surface area contributed by atoms with Gasteiger partial charge in [-0.15, -0.1) is 0 Å². The lowest BCUT2D eigenvalue weighted by Crippen LogP contribution is -2.04. The summed E-state index contributed by atoms with van der Waals surface area (Å²) in [6.45, 7) is 0. The molecule has 0 saturated heterocycles. The van der Waals surface area contributed by atoms with Crippen molar-refractivity contribution in [1.82, 2.24) is 15.0 Å². The molecule has 16 heavy (non-hydrogen) atoms. The smallest absolute Gasteiger partial charge is 0.159 e. The molecule has 7 heteroatoms. The van der Waals surface area contributed by atoms with E-state index in [1.807, 2.05) is 0 Å². The summed E-state index contributed by atoms with van der Waals surface area (Å²) in [6.07, 6.45) is 2.91. The molecule has 6 nitrogen and oxygen atoms in total. The average Bonchev–Trinajstić information content (AvgIpc) is 2.28. The number of nitrogens with zero attached hydrogens (tertiary/aromatic N) is 3. The molecule has 0 unspecified atom stereocenters. The quantitative estimate of drug-likeness (QED) is 0.682. The van der Waals surface area contributed by atoms with Crippen molar-refractivity contribution in [3.63, 3.8) is 0 Å². The summed E-state index contributed by atoms with van der Waals surface area (Å²) >= 11 is 5.88. The number of nitrogens with one attached hydrogen (secondary N) is 1. The lowest BCUT2D eigenvalue weighted by atomic mass is 10.4. The molecule has 0 bridgehead atoms. The highest BCUT2D eigenvalue weighted by Crippen LogP contribution is 2.26. The van der Waals surface area contributed by atoms with Crippen LogP contribution >= 0.6 is 11.6 Å². The van der Waals surface area contributed by atoms with Crippen molar-refractivity contribution in [2.24, 2.45) is 0 Å². The van der Waals surface area contributed by atoms with E-state index in [0.29, 0.717) is 16.7 Å². The summed E-state index contributed by atoms with van der Waals surface area (Å²) in [4.78, 5) is 11.6. The van der Waals surface area contributed by atoms with E-state index in [1.165, 1.54) is 6.33 Å². The van der Waals surface area contributed by atoms with Gasteiger partial charge in [0.1, 0.15) is 12.0 Å². The number of nitrogen functional groups attached to an aromatic ring is 2. The zero-order valence-electron chi connectivity index (χ0n) is 8.18. The first kappa shape index (κ1) is 10.4. The van der Waals surface area contributed by atoms with Gasteiger partial charge in [-0.05, 0) is 12.1 Å². The number of rotatable bonds is 2. The molecule has 2 rings (SSSR count). The highest BCUT2D eigenvalue weighted by molar-refractivity contribution is 6.32. The standard InChI is InChI=1S/C9H9ClN6/c10-7-5(2-1-3-13-7)16-9-6(11)8(12)14-4-15-9/h1-4H,11H2,(H3,12,14,15,16). The Labute approximate surface area is 96.7 Å². The van der Waals surface area contributed by atoms with E-state index in [4.69, 9.17) is 23.1 Å². The Morgan fingerprint density at radius 1 is 1.19 bits per heavy atom. The third kappa shape index (κ3) is 1.96. The van der Waals surface area contributed by atoms with Crippen LogP contribution in [0.15, 0.2) is 24.7 Å². The molecule has 0 aliphatic carbocycles. The van der Waals surface area contributed by atoms with Gasteiger partial charge >= 0.3 is 0 Å². The van der Waals surface area contributed by atoms with Crippen molar-refractivity contribution < 1.29 is 0 Å². The molecule has 0 aromatic carbocycles. The molecule has 0 saturated carbocycles. The molecule has 2 heterocycles. The molecule has 0 atom stereocenters. The molecule has 82 valence electrons. The topological polar surface area (TPSA) is 103 Å². The predicted octanol–water partition coefficient (Wildman–Crippen LogP) is 1.43. The van der Waals surface area contributed by atoms with Crippen molar-refractivity contribution in [3.05, 3.63) is 29.8 Å². The van der Waals surface area contributed by atoms with Crippen LogP contribution in [0, 0.1) is 0 Å². The van der Waals surface area contributed by atoms with Crippen LogP contribution in [-0.2, 0) is 0 Å². The van der Waals surface area contributed by atoms with Crippen LogP contribution in [-0.4, -0.2) is 15.0 Å². The van der Waals surface area contributed by atoms with Crippen molar-refractivity contribution >= 4 is 34.6 Å². The number of halogens is 1. The molecule has 2 aromatic heterocycles. The first-order chi connectivity index (χ1) is 7.68. The molecular formula is C9H9ClN6. The number of hydrogen-bond acceptors (Lipinski definition) is 6. The second-order valence-electron chi connectivity index (χ2n) is 2.99. The second kappa shape index (κ2) is 4.19. The van der Waals surface area contributed by atoms with Crippen molar-refractivity contribution in [1.29, 1.82) is 0 Å². The van der Waals surface area contributed by atoms with Crippen LogP contribution in [0.5, 0.6) is 0 Å². The van der Waals surface area contributed by atoms with Crippen LogP contribution < -0.4 is 16.8 Å². The fourth-order valence-corrected chi connectivity index (χ4v) is 1.28. The van der Waals surface area contributed by atoms with Gasteiger partial charge in [-0.3, -0.25) is 0 Å². The van der Waals surface area contributed by atoms with Crippen LogP contribution in [0.25, 0.3) is 0 Å². The molecule has 0 radical (unpaired) electrons. The summed E-state index contributed by atoms with van der Waals surface area (Å²) in [5.74, 6) is 0.625. The number of pyridine rings is 1. The van der Waals surface area contributed by atoms with Crippen molar-refractivity contribution in [2.75, 3.05) is 16.8 Å². The SMILES string of the molecule is Nc1ncnc(Nc2cccnc2Cl)c1N. The summed E-state index contributed by atoms with van der Waals surface area (Å²) in [5, 5.41) is 3.26. The Morgan fingerprint density at radius 3 is 2.75 bits per heavy atom. The molecule has 0 aliphatic rings. The summed E-state index contributed by atoms with van der Waals surface area (Å²) in [6, 6.07) is 3.50. The molecule has 0 fully saturated rings. The Kier molecular flexibility index (Phi) is 2.74. The Morgan fingerprint density at radius 2 is 2.00 bits per heavy atom. The van der Waals surface area contributed by atoms with Gasteiger partial charge in [0.15, 0.2) is 16.8 Å². The fraction of sp³-hybridized carbons (Fsp3) is 0. The Hall–Kier alpha value is -2.08. The number of anilines is 4. The number of aromatic nitrogens is 3. The third-order valence-electron chi connectivity index (χ3n) is 1.93. The second-order valence-corrected chi connectivity index (χ2v) is 3.35. The number of nitrogens with two attached hydrogens (primary N) is 2. The van der Waals surface area contributed by atoms with E-state index in [0.717, 1.165) is 0 Å². The predicted molar refractivity (Wildman–Crippen MR) is 63.4 cm³/mol. The molecule has 2 aromatic rings. The zero-order chi connectivity index (χ0) is 11.5. The molecule has 5 N–H and O–H groups in total. The first-order valence-electron chi connectivity index (χ1n) is 4.42. The highest BCUT2D eigenvalue weighted by atomic mass is 35.5. The maximum atomic E-state index is 5.88. The van der Waals surface area contributed by atoms with Crippen LogP contribution in [0.2, 0.25) is 5.15 Å². The molecule has 0 aliphatic heterocycles. The summed E-state index contributed by atoms with van der Waals surface area (Å²) in [7, 11) is 0. The van der Waals surface area contributed by atoms with Gasteiger partial charge in [0.05, 0.1) is 5.69 Å². The van der Waals surface area contributed by atoms with Crippen LogP contribution in [0.1, 0.15) is 0 Å². The van der Waals surface area contributed by atoms with E-state index in [9.17, 15) is 0 Å². The molecular weight excluding hydrogens is 228 g/mol. The highest BCUT2D eigenvalue weighted by Gasteiger charge is 2.07. The van der Waals surface area contributed by atoms with E-state index < -0.39 is 0 Å². The van der Waals surface area contributed by atoms with Gasteiger partial charge in [0.2, 0.25) is 0 Å². The molecule has 0 amide bonds. The molecule has 0 spiro atoms. The van der Waals surface area contributed by atoms with Gasteiger partial charge < -0.3 is 16.8 Å². The normalized spacial score (nSPS) is 10.1. The minimum atomic E-state index is 0.220. The van der Waals surface area contributed by atoms with Crippen molar-refractivity contribution in [2.45, 2.75) is 0 Å². The van der Waals surface area contributed by atoms with E-state index in [-0.39, 0.29) is 11.5 Å². The van der Waals surface area contributed by atoms with Crippen LogP contribution in [0.4, 0.5) is 23.0 Å². The van der Waals surface area contributed by atoms with E-state index >= 15 is 0 Å². The Balaban J connectivity index is 2.35. The third-order valence-corrected chi connectivity index (χ3v) is 2.23. The summed E-state index contributed by atoms with van der Waals surface area (Å²) < 4.78 is 0. The largest absolute Gasteiger partial charge is 0.393 e. The zero-order valence-corrected chi connectivity index (χ0v) is 8.94. The van der Waals surface area contributed by atoms with Gasteiger partial charge in [-0.1, -0.05) is 11.6 Å². The summed E-state index contributed by atoms with van der Waals surface area (Å²) in [5.41, 5.74) is 12.1. The lowest BCUT2D eigenvalue weighted by Gasteiger charge is -2.09. The van der Waals surface area contributed by atoms with Crippen LogP contribution in [0.3, 0.4) is 0 Å². The van der Waals surface area contributed by atoms with Gasteiger partial charge in [0.25, 0.3) is 0 Å². The maximum absolute atomic E-state index is 5.88. The maximum Gasteiger partial charge on any atom is 0.159 e. The van der Waals surface area contributed by atoms with Gasteiger partial charge in [0, 0.05) is 6.20 Å².